The van der Waals surface area contributed by atoms with E-state index in [1.54, 1.807) is 0 Å². The van der Waals surface area contributed by atoms with E-state index in [0.29, 0.717) is 0 Å². The Labute approximate surface area is 137 Å². The average molecular weight is 310 g/mol. The van der Waals surface area contributed by atoms with Gasteiger partial charge in [0.1, 0.15) is 0 Å². The first kappa shape index (κ1) is 20.2. The summed E-state index contributed by atoms with van der Waals surface area (Å²) < 4.78 is 0. The van der Waals surface area contributed by atoms with Crippen molar-refractivity contribution in [3.8, 4) is 11.1 Å². The fourth-order valence-electron chi connectivity index (χ4n) is 1.35. The lowest BCUT2D eigenvalue weighted by molar-refractivity contribution is 0.560. The zero-order chi connectivity index (χ0) is 17.2. The van der Waals surface area contributed by atoms with Crippen molar-refractivity contribution in [1.29, 1.82) is 0 Å². The monoisotopic (exact) mass is 310 g/mol. The fourth-order valence-corrected chi connectivity index (χ4v) is 1.35. The molecule has 120 valence electrons. The third-order valence-electron chi connectivity index (χ3n) is 2.65. The van der Waals surface area contributed by atoms with Gasteiger partial charge in [-0.05, 0) is 11.1 Å². The van der Waals surface area contributed by atoms with Crippen LogP contribution in [0, 0.1) is 0 Å². The summed E-state index contributed by atoms with van der Waals surface area (Å²) in [6.45, 7) is 4.20. The first-order chi connectivity index (χ1) is 11.3. The molecular formula is C19H22N2O2. The topological polar surface area (TPSA) is 58.9 Å². The lowest BCUT2D eigenvalue weighted by atomic mass is 10.1. The van der Waals surface area contributed by atoms with Gasteiger partial charge in [-0.1, -0.05) is 87.4 Å². The van der Waals surface area contributed by atoms with E-state index in [-0.39, 0.29) is 6.67 Å². The number of unbranched alkanes of at least 4 members (excludes halogenated alkanes) is 1. The van der Waals surface area contributed by atoms with Crippen LogP contribution in [0.3, 0.4) is 0 Å². The van der Waals surface area contributed by atoms with Crippen LogP contribution in [0.25, 0.3) is 11.1 Å². The molecule has 0 fully saturated rings. The summed E-state index contributed by atoms with van der Waals surface area (Å²) in [6, 6.07) is 20.8. The second kappa shape index (κ2) is 15.6. The number of isocyanates is 2. The van der Waals surface area contributed by atoms with Gasteiger partial charge in [0.05, 0.1) is 0 Å². The lowest BCUT2D eigenvalue weighted by Crippen LogP contribution is -1.73. The maximum atomic E-state index is 9.20. The van der Waals surface area contributed by atoms with E-state index in [0.717, 1.165) is 0 Å². The predicted octanol–water partition coefficient (Wildman–Crippen LogP) is 4.78. The third kappa shape index (κ3) is 11.5. The predicted molar refractivity (Wildman–Crippen MR) is 93.6 cm³/mol. The molecule has 0 aliphatic heterocycles. The number of hydrogen-bond acceptors (Lipinski definition) is 4. The van der Waals surface area contributed by atoms with Gasteiger partial charge in [-0.3, -0.25) is 0 Å². The van der Waals surface area contributed by atoms with E-state index < -0.39 is 0 Å². The molecule has 0 saturated heterocycles. The van der Waals surface area contributed by atoms with Crippen LogP contribution in [0.2, 0.25) is 0 Å². The van der Waals surface area contributed by atoms with Crippen molar-refractivity contribution in [3.05, 3.63) is 60.7 Å². The second-order valence-electron chi connectivity index (χ2n) is 4.37. The molecule has 0 heterocycles. The maximum Gasteiger partial charge on any atom is 0.236 e. The van der Waals surface area contributed by atoms with Gasteiger partial charge in [0.25, 0.3) is 0 Å². The molecule has 2 aromatic carbocycles. The SMILES string of the molecule is CCCC.O=C=NCN=C=O.c1ccc(-c2ccccc2)cc1. The Kier molecular flexibility index (Phi) is 13.7. The van der Waals surface area contributed by atoms with Crippen molar-refractivity contribution >= 4 is 12.2 Å². The molecule has 0 radical (unpaired) electrons. The van der Waals surface area contributed by atoms with Gasteiger partial charge < -0.3 is 0 Å². The van der Waals surface area contributed by atoms with Crippen molar-refractivity contribution in [2.24, 2.45) is 9.98 Å². The van der Waals surface area contributed by atoms with E-state index >= 15 is 0 Å². The Hall–Kier alpha value is -2.80. The lowest BCUT2D eigenvalue weighted by Gasteiger charge is -1.98. The zero-order valence-electron chi connectivity index (χ0n) is 13.6. The Morgan fingerprint density at radius 2 is 1.04 bits per heavy atom. The molecule has 0 N–H and O–H groups in total. The number of nitrogens with zero attached hydrogens (tertiary/aromatic N) is 2. The summed E-state index contributed by atoms with van der Waals surface area (Å²) in [5.41, 5.74) is 2.55. The van der Waals surface area contributed by atoms with Gasteiger partial charge in [0.15, 0.2) is 6.67 Å². The largest absolute Gasteiger partial charge is 0.236 e. The first-order valence-electron chi connectivity index (χ1n) is 7.47. The molecule has 23 heavy (non-hydrogen) atoms. The van der Waals surface area contributed by atoms with Gasteiger partial charge in [-0.25, -0.2) is 9.59 Å². The number of hydrogen-bond donors (Lipinski definition) is 0. The van der Waals surface area contributed by atoms with Crippen LogP contribution in [0.15, 0.2) is 70.6 Å². The number of aliphatic imine (C=N–C) groups is 2. The minimum absolute atomic E-state index is 0.160. The summed E-state index contributed by atoms with van der Waals surface area (Å²) in [4.78, 5) is 24.2. The van der Waals surface area contributed by atoms with Gasteiger partial charge >= 0.3 is 0 Å². The van der Waals surface area contributed by atoms with E-state index in [4.69, 9.17) is 0 Å². The van der Waals surface area contributed by atoms with Crippen LogP contribution in [0.4, 0.5) is 0 Å². The van der Waals surface area contributed by atoms with Crippen LogP contribution in [0.1, 0.15) is 26.7 Å². The minimum atomic E-state index is -0.160. The molecule has 0 saturated carbocycles. The zero-order valence-corrected chi connectivity index (χ0v) is 13.6. The molecule has 2 rings (SSSR count). The molecular weight excluding hydrogens is 288 g/mol. The maximum absolute atomic E-state index is 9.20. The highest BCUT2D eigenvalue weighted by Crippen LogP contribution is 2.17. The summed E-state index contributed by atoms with van der Waals surface area (Å²) in [5, 5.41) is 0. The van der Waals surface area contributed by atoms with Crippen LogP contribution >= 0.6 is 0 Å². The Balaban J connectivity index is 0.000000377. The summed E-state index contributed by atoms with van der Waals surface area (Å²) in [7, 11) is 0. The van der Waals surface area contributed by atoms with Gasteiger partial charge in [-0.2, -0.15) is 9.98 Å². The van der Waals surface area contributed by atoms with Crippen molar-refractivity contribution in [3.63, 3.8) is 0 Å². The molecule has 4 heteroatoms. The molecule has 0 aliphatic rings. The highest BCUT2D eigenvalue weighted by atomic mass is 16.1. The summed E-state index contributed by atoms with van der Waals surface area (Å²) in [6.07, 6.45) is 5.05. The number of rotatable bonds is 4. The Morgan fingerprint density at radius 3 is 1.30 bits per heavy atom. The highest BCUT2D eigenvalue weighted by molar-refractivity contribution is 5.62. The van der Waals surface area contributed by atoms with Gasteiger partial charge in [0.2, 0.25) is 12.2 Å². The molecule has 2 aromatic rings. The molecule has 0 atom stereocenters. The summed E-state index contributed by atoms with van der Waals surface area (Å²) >= 11 is 0. The third-order valence-corrected chi connectivity index (χ3v) is 2.65. The number of benzene rings is 2. The smallest absolute Gasteiger partial charge is 0.211 e. The first-order valence-corrected chi connectivity index (χ1v) is 7.47. The van der Waals surface area contributed by atoms with Gasteiger partial charge in [-0.15, -0.1) is 0 Å². The molecule has 4 nitrogen and oxygen atoms in total. The van der Waals surface area contributed by atoms with E-state index in [2.05, 4.69) is 72.4 Å². The van der Waals surface area contributed by atoms with Crippen molar-refractivity contribution in [2.45, 2.75) is 26.7 Å². The second-order valence-corrected chi connectivity index (χ2v) is 4.37. The molecule has 0 aromatic heterocycles. The van der Waals surface area contributed by atoms with Crippen molar-refractivity contribution in [2.75, 3.05) is 6.67 Å². The highest BCUT2D eigenvalue weighted by Gasteiger charge is 1.91. The van der Waals surface area contributed by atoms with E-state index in [1.807, 2.05) is 12.1 Å². The van der Waals surface area contributed by atoms with Crippen LogP contribution in [0.5, 0.6) is 0 Å². The number of carbonyl (C=O) groups excluding carboxylic acids is 2. The molecule has 0 aliphatic carbocycles. The average Bonchev–Trinajstić information content (AvgIpc) is 2.64. The van der Waals surface area contributed by atoms with E-state index in [9.17, 15) is 9.59 Å². The molecule has 0 spiro atoms. The minimum Gasteiger partial charge on any atom is -0.211 e. The van der Waals surface area contributed by atoms with Crippen molar-refractivity contribution in [1.82, 2.24) is 0 Å². The van der Waals surface area contributed by atoms with Crippen LogP contribution in [-0.4, -0.2) is 18.8 Å². The Morgan fingerprint density at radius 1 is 0.696 bits per heavy atom. The normalized spacial score (nSPS) is 8.09. The van der Waals surface area contributed by atoms with Crippen LogP contribution in [-0.2, 0) is 9.59 Å². The summed E-state index contributed by atoms with van der Waals surface area (Å²) in [5.74, 6) is 0. The van der Waals surface area contributed by atoms with Gasteiger partial charge in [0, 0.05) is 0 Å². The Bertz CT molecular complexity index is 544. The molecule has 0 unspecified atom stereocenters. The fraction of sp³-hybridized carbons (Fsp3) is 0.263. The van der Waals surface area contributed by atoms with E-state index in [1.165, 1.54) is 36.1 Å². The molecule has 0 amide bonds. The van der Waals surface area contributed by atoms with Crippen LogP contribution < -0.4 is 0 Å². The van der Waals surface area contributed by atoms with Crippen molar-refractivity contribution < 1.29 is 9.59 Å². The molecule has 0 bridgehead atoms. The quantitative estimate of drug-likeness (QED) is 0.603. The standard InChI is InChI=1S/C12H10.C4H10.C3H2N2O2/c1-3-7-11(8-4-1)12-9-5-2-6-10-12;1-3-4-2;6-2-4-1-5-3-7/h1-10H;3-4H2,1-2H3;1H2.